The second-order valence-corrected chi connectivity index (χ2v) is 11.3. The van der Waals surface area contributed by atoms with Crippen molar-refractivity contribution >= 4 is 27.8 Å². The molecule has 0 aliphatic heterocycles. The second kappa shape index (κ2) is 13.3. The fourth-order valence-corrected chi connectivity index (χ4v) is 5.54. The number of methoxy groups -OCH3 is 1. The molecule has 3 heterocycles. The highest BCUT2D eigenvalue weighted by Gasteiger charge is 2.34. The van der Waals surface area contributed by atoms with Crippen molar-refractivity contribution in [2.75, 3.05) is 19.0 Å². The van der Waals surface area contributed by atoms with E-state index >= 15 is 0 Å². The van der Waals surface area contributed by atoms with Gasteiger partial charge in [-0.3, -0.25) is 9.36 Å². The molecule has 0 radical (unpaired) electrons. The van der Waals surface area contributed by atoms with Crippen molar-refractivity contribution in [2.24, 2.45) is 0 Å². The minimum absolute atomic E-state index is 0.0720. The highest BCUT2D eigenvalue weighted by atomic mass is 19.4. The third-order valence-electron chi connectivity index (χ3n) is 7.93. The van der Waals surface area contributed by atoms with Gasteiger partial charge in [-0.05, 0) is 66.8 Å². The van der Waals surface area contributed by atoms with Gasteiger partial charge in [-0.25, -0.2) is 9.37 Å². The molecule has 0 saturated carbocycles. The highest BCUT2D eigenvalue weighted by molar-refractivity contribution is 5.87. The van der Waals surface area contributed by atoms with Gasteiger partial charge in [0.2, 0.25) is 0 Å². The number of halogens is 4. The maximum Gasteiger partial charge on any atom is 0.417 e. The van der Waals surface area contributed by atoms with Crippen LogP contribution < -0.4 is 20.3 Å². The summed E-state index contributed by atoms with van der Waals surface area (Å²) in [5, 5.41) is 2.86. The van der Waals surface area contributed by atoms with Gasteiger partial charge in [-0.15, -0.1) is 0 Å². The van der Waals surface area contributed by atoms with Crippen molar-refractivity contribution < 1.29 is 27.0 Å². The normalized spacial score (nSPS) is 12.4. The number of hydrogen-bond donors (Lipinski definition) is 1. The first-order valence-corrected chi connectivity index (χ1v) is 15.3. The van der Waals surface area contributed by atoms with Crippen molar-refractivity contribution in [3.8, 4) is 17.4 Å². The number of hydrogen-bond acceptors (Lipinski definition) is 7. The van der Waals surface area contributed by atoms with Crippen LogP contribution >= 0.6 is 0 Å². The zero-order chi connectivity index (χ0) is 34.0. The van der Waals surface area contributed by atoms with Crippen LogP contribution in [0.2, 0.25) is 0 Å². The zero-order valence-electron chi connectivity index (χ0n) is 26.4. The molecule has 3 aromatic carbocycles. The summed E-state index contributed by atoms with van der Waals surface area (Å²) in [7, 11) is 1.60. The Morgan fingerprint density at radius 3 is 2.48 bits per heavy atom. The molecule has 248 valence electrons. The van der Waals surface area contributed by atoms with Gasteiger partial charge in [0.25, 0.3) is 5.56 Å². The van der Waals surface area contributed by atoms with Crippen LogP contribution in [-0.2, 0) is 12.7 Å². The molecule has 0 amide bonds. The van der Waals surface area contributed by atoms with E-state index in [-0.39, 0.29) is 28.6 Å². The van der Waals surface area contributed by atoms with E-state index in [2.05, 4.69) is 20.3 Å². The predicted octanol–water partition coefficient (Wildman–Crippen LogP) is 7.70. The number of anilines is 1. The van der Waals surface area contributed by atoms with E-state index in [0.717, 1.165) is 40.9 Å². The number of rotatable bonds is 11. The first kappa shape index (κ1) is 32.5. The van der Waals surface area contributed by atoms with E-state index in [9.17, 15) is 22.4 Å². The number of nitrogens with one attached hydrogen (secondary N) is 1. The van der Waals surface area contributed by atoms with E-state index < -0.39 is 34.5 Å². The largest absolute Gasteiger partial charge is 0.497 e. The van der Waals surface area contributed by atoms with Gasteiger partial charge in [0.1, 0.15) is 11.6 Å². The second-order valence-electron chi connectivity index (χ2n) is 11.3. The molecular weight excluding hydrogens is 628 g/mol. The SMILES string of the molecule is CCCCOc1nc(N[C@@H](C)c2cc3cccc(C(F)(F)F)c3c(=O)n2-c2cccc(F)c2)c2ncn(Cc3ccc(OC)cc3)c2n1. The lowest BCUT2D eigenvalue weighted by Crippen LogP contribution is -2.27. The van der Waals surface area contributed by atoms with Crippen molar-refractivity contribution in [3.05, 3.63) is 112 Å². The van der Waals surface area contributed by atoms with Crippen LogP contribution in [0, 0.1) is 5.82 Å². The van der Waals surface area contributed by atoms with Gasteiger partial charge in [0, 0.05) is 5.69 Å². The first-order chi connectivity index (χ1) is 23.1. The number of alkyl halides is 3. The quantitative estimate of drug-likeness (QED) is 0.112. The van der Waals surface area contributed by atoms with Gasteiger partial charge >= 0.3 is 12.2 Å². The van der Waals surface area contributed by atoms with Crippen LogP contribution in [0.25, 0.3) is 27.6 Å². The number of unbranched alkanes of at least 4 members (excludes halogenated alkanes) is 1. The monoisotopic (exact) mass is 660 g/mol. The zero-order valence-corrected chi connectivity index (χ0v) is 26.4. The van der Waals surface area contributed by atoms with Gasteiger partial charge in [-0.2, -0.15) is 23.1 Å². The van der Waals surface area contributed by atoms with E-state index in [0.29, 0.717) is 24.3 Å². The Labute approximate surface area is 272 Å². The van der Waals surface area contributed by atoms with Crippen LogP contribution in [0.3, 0.4) is 0 Å². The lowest BCUT2D eigenvalue weighted by Gasteiger charge is -2.22. The molecule has 0 unspecified atom stereocenters. The number of benzene rings is 3. The molecule has 6 aromatic rings. The molecule has 6 rings (SSSR count). The molecule has 0 saturated heterocycles. The Bertz CT molecular complexity index is 2140. The molecule has 0 aliphatic rings. The lowest BCUT2D eigenvalue weighted by molar-refractivity contribution is -0.136. The van der Waals surface area contributed by atoms with Crippen LogP contribution in [0.5, 0.6) is 11.8 Å². The number of aromatic nitrogens is 5. The molecule has 13 heteroatoms. The molecule has 0 bridgehead atoms. The standard InChI is InChI=1S/C35H32F4N6O3/c1-4-5-16-48-34-42-31(30-32(43-34)44(20-40-30)19-22-12-14-26(47-3)15-13-22)41-21(2)28-17-23-8-6-11-27(35(37,38)39)29(23)33(46)45(28)25-10-7-9-24(36)18-25/h6-15,17-18,20-21H,4-5,16,19H2,1-3H3,(H,41,42,43)/t21-/m0/s1. The molecule has 48 heavy (non-hydrogen) atoms. The van der Waals surface area contributed by atoms with Gasteiger partial charge < -0.3 is 19.4 Å². The number of pyridine rings is 1. The molecule has 0 spiro atoms. The maximum atomic E-state index is 14.4. The van der Waals surface area contributed by atoms with Crippen LogP contribution in [0.4, 0.5) is 23.4 Å². The highest BCUT2D eigenvalue weighted by Crippen LogP contribution is 2.35. The molecular formula is C35H32F4N6O3. The topological polar surface area (TPSA) is 96.1 Å². The lowest BCUT2D eigenvalue weighted by atomic mass is 10.0. The Kier molecular flexibility index (Phi) is 9.03. The number of nitrogens with zero attached hydrogens (tertiary/aromatic N) is 5. The fraction of sp³-hybridized carbons (Fsp3) is 0.257. The third kappa shape index (κ3) is 6.53. The average Bonchev–Trinajstić information content (AvgIpc) is 3.47. The summed E-state index contributed by atoms with van der Waals surface area (Å²) < 4.78 is 70.7. The smallest absolute Gasteiger partial charge is 0.417 e. The summed E-state index contributed by atoms with van der Waals surface area (Å²) in [4.78, 5) is 27.8. The van der Waals surface area contributed by atoms with Crippen molar-refractivity contribution in [2.45, 2.75) is 45.5 Å². The fourth-order valence-electron chi connectivity index (χ4n) is 5.54. The molecule has 0 aliphatic carbocycles. The molecule has 9 nitrogen and oxygen atoms in total. The molecule has 0 fully saturated rings. The molecule has 3 aromatic heterocycles. The van der Waals surface area contributed by atoms with E-state index in [1.54, 1.807) is 20.4 Å². The average molecular weight is 661 g/mol. The summed E-state index contributed by atoms with van der Waals surface area (Å²) >= 11 is 0. The summed E-state index contributed by atoms with van der Waals surface area (Å²) in [6.45, 7) is 4.58. The first-order valence-electron chi connectivity index (χ1n) is 15.3. The Morgan fingerprint density at radius 2 is 1.77 bits per heavy atom. The van der Waals surface area contributed by atoms with Crippen LogP contribution in [0.15, 0.2) is 83.9 Å². The van der Waals surface area contributed by atoms with Gasteiger partial charge in [0.15, 0.2) is 17.0 Å². The number of imidazole rings is 1. The molecule has 1 atom stereocenters. The Balaban J connectivity index is 1.47. The predicted molar refractivity (Wildman–Crippen MR) is 174 cm³/mol. The van der Waals surface area contributed by atoms with Gasteiger partial charge in [-0.1, -0.05) is 43.7 Å². The summed E-state index contributed by atoms with van der Waals surface area (Å²) in [6, 6.07) is 17.1. The molecule has 1 N–H and O–H groups in total. The maximum absolute atomic E-state index is 14.4. The number of ether oxygens (including phenoxy) is 2. The van der Waals surface area contributed by atoms with E-state index in [1.165, 1.54) is 36.4 Å². The minimum Gasteiger partial charge on any atom is -0.497 e. The Hall–Kier alpha value is -5.46. The summed E-state index contributed by atoms with van der Waals surface area (Å²) in [6.07, 6.45) is -1.47. The van der Waals surface area contributed by atoms with Gasteiger partial charge in [0.05, 0.1) is 49.3 Å². The number of fused-ring (bicyclic) bond motifs is 2. The van der Waals surface area contributed by atoms with Crippen molar-refractivity contribution in [1.82, 2.24) is 24.1 Å². The Morgan fingerprint density at radius 1 is 1.00 bits per heavy atom. The van der Waals surface area contributed by atoms with Crippen LogP contribution in [0.1, 0.15) is 49.6 Å². The van der Waals surface area contributed by atoms with Crippen molar-refractivity contribution in [1.29, 1.82) is 0 Å². The minimum atomic E-state index is -4.78. The van der Waals surface area contributed by atoms with E-state index in [4.69, 9.17) is 9.47 Å². The van der Waals surface area contributed by atoms with Crippen LogP contribution in [-0.4, -0.2) is 37.8 Å². The summed E-state index contributed by atoms with van der Waals surface area (Å²) in [5.41, 5.74) is 0.207. The summed E-state index contributed by atoms with van der Waals surface area (Å²) in [5.74, 6) is 0.363. The van der Waals surface area contributed by atoms with E-state index in [1.807, 2.05) is 35.8 Å². The van der Waals surface area contributed by atoms with Crippen molar-refractivity contribution in [3.63, 3.8) is 0 Å². The third-order valence-corrected chi connectivity index (χ3v) is 7.93.